The molecule has 0 heterocycles. The van der Waals surface area contributed by atoms with Gasteiger partial charge in [0, 0.05) is 17.3 Å². The van der Waals surface area contributed by atoms with Gasteiger partial charge in [-0.25, -0.2) is 4.39 Å². The summed E-state index contributed by atoms with van der Waals surface area (Å²) in [5.41, 5.74) is 10.8. The molecule has 0 radical (unpaired) electrons. The van der Waals surface area contributed by atoms with Crippen molar-refractivity contribution in [3.63, 3.8) is 0 Å². The number of anilines is 1. The molecule has 0 aliphatic carbocycles. The van der Waals surface area contributed by atoms with E-state index in [-0.39, 0.29) is 5.91 Å². The Kier molecular flexibility index (Phi) is 6.68. The Bertz CT molecular complexity index is 987. The van der Waals surface area contributed by atoms with E-state index < -0.39 is 11.9 Å². The third-order valence-electron chi connectivity index (χ3n) is 5.04. The van der Waals surface area contributed by atoms with Crippen LogP contribution in [0.2, 0.25) is 5.02 Å². The lowest BCUT2D eigenvalue weighted by Gasteiger charge is -2.27. The number of nitrogens with two attached hydrogens (primary N) is 1. The Morgan fingerprint density at radius 3 is 2.41 bits per heavy atom. The topological polar surface area (TPSA) is 46.3 Å². The Balaban J connectivity index is 1.90. The van der Waals surface area contributed by atoms with Crippen LogP contribution < -0.4 is 10.6 Å². The predicted molar refractivity (Wildman–Crippen MR) is 117 cm³/mol. The summed E-state index contributed by atoms with van der Waals surface area (Å²) in [4.78, 5) is 15.0. The van der Waals surface area contributed by atoms with Gasteiger partial charge < -0.3 is 10.6 Å². The molecule has 3 rings (SSSR count). The molecule has 0 saturated heterocycles. The quantitative estimate of drug-likeness (QED) is 0.593. The number of nitrogens with zero attached hydrogens (tertiary/aromatic N) is 1. The van der Waals surface area contributed by atoms with E-state index >= 15 is 0 Å². The smallest absolute Gasteiger partial charge is 0.248 e. The Hall–Kier alpha value is -2.69. The number of halogens is 2. The molecule has 3 nitrogen and oxygen atoms in total. The molecule has 0 saturated carbocycles. The molecule has 0 aromatic heterocycles. The van der Waals surface area contributed by atoms with Gasteiger partial charge in [-0.2, -0.15) is 0 Å². The Labute approximate surface area is 175 Å². The maximum atomic E-state index is 13.7. The van der Waals surface area contributed by atoms with Crippen molar-refractivity contribution in [1.82, 2.24) is 0 Å². The summed E-state index contributed by atoms with van der Waals surface area (Å²) in [6, 6.07) is 18.8. The van der Waals surface area contributed by atoms with Gasteiger partial charge in [-0.05, 0) is 72.9 Å². The van der Waals surface area contributed by atoms with Crippen LogP contribution in [-0.4, -0.2) is 12.5 Å². The van der Waals surface area contributed by atoms with E-state index in [4.69, 9.17) is 17.3 Å². The molecule has 3 aromatic carbocycles. The van der Waals surface area contributed by atoms with Gasteiger partial charge >= 0.3 is 0 Å². The lowest BCUT2D eigenvalue weighted by molar-refractivity contribution is -0.120. The van der Waals surface area contributed by atoms with Gasteiger partial charge in [0.25, 0.3) is 0 Å². The van der Waals surface area contributed by atoms with Gasteiger partial charge in [0.15, 0.2) is 0 Å². The number of carbonyl (C=O) groups is 1. The molecule has 2 N–H and O–H groups in total. The van der Waals surface area contributed by atoms with E-state index in [1.807, 2.05) is 62.4 Å². The van der Waals surface area contributed by atoms with E-state index in [0.717, 1.165) is 27.9 Å². The molecule has 29 heavy (non-hydrogen) atoms. The van der Waals surface area contributed by atoms with Crippen LogP contribution in [0.3, 0.4) is 0 Å². The van der Waals surface area contributed by atoms with Crippen molar-refractivity contribution >= 4 is 23.2 Å². The third kappa shape index (κ3) is 5.22. The van der Waals surface area contributed by atoms with Crippen molar-refractivity contribution < 1.29 is 9.18 Å². The molecule has 0 aliphatic heterocycles. The highest BCUT2D eigenvalue weighted by Crippen LogP contribution is 2.24. The normalized spacial score (nSPS) is 11.9. The molecule has 1 atom stereocenters. The second kappa shape index (κ2) is 9.21. The fourth-order valence-electron chi connectivity index (χ4n) is 3.23. The van der Waals surface area contributed by atoms with Crippen LogP contribution in [0.25, 0.3) is 0 Å². The highest BCUT2D eigenvalue weighted by atomic mass is 35.5. The monoisotopic (exact) mass is 410 g/mol. The zero-order valence-electron chi connectivity index (χ0n) is 16.5. The number of aryl methyl sites for hydroxylation is 2. The zero-order chi connectivity index (χ0) is 21.0. The number of benzene rings is 3. The molecule has 3 aromatic rings. The number of carbonyl (C=O) groups excluding carboxylic acids is 1. The maximum absolute atomic E-state index is 13.7. The van der Waals surface area contributed by atoms with Crippen LogP contribution in [0, 0.1) is 19.7 Å². The van der Waals surface area contributed by atoms with Gasteiger partial charge in [0.05, 0.1) is 0 Å². The Morgan fingerprint density at radius 2 is 1.76 bits per heavy atom. The van der Waals surface area contributed by atoms with E-state index in [1.54, 1.807) is 11.0 Å². The third-order valence-corrected chi connectivity index (χ3v) is 5.26. The lowest BCUT2D eigenvalue weighted by Crippen LogP contribution is -2.40. The van der Waals surface area contributed by atoms with Crippen molar-refractivity contribution in [1.29, 1.82) is 0 Å². The molecule has 1 unspecified atom stereocenters. The number of amides is 1. The minimum Gasteiger partial charge on any atom is -0.316 e. The molecule has 1 amide bonds. The van der Waals surface area contributed by atoms with Crippen LogP contribution in [0.15, 0.2) is 66.7 Å². The van der Waals surface area contributed by atoms with Crippen LogP contribution in [0.4, 0.5) is 10.1 Å². The fraction of sp³-hybridized carbons (Fsp3) is 0.208. The molecule has 0 bridgehead atoms. The van der Waals surface area contributed by atoms with E-state index in [1.165, 1.54) is 12.1 Å². The van der Waals surface area contributed by atoms with Crippen molar-refractivity contribution in [2.75, 3.05) is 11.4 Å². The standard InChI is InChI=1S/C24H24ClFN2O/c1-16-8-9-22(12-17(16)2)28(11-10-18-13-20(25)15-21(26)14-18)24(29)23(27)19-6-4-3-5-7-19/h3-9,12-15,23H,10-11,27H2,1-2H3. The minimum atomic E-state index is -0.783. The molecule has 5 heteroatoms. The molecule has 150 valence electrons. The molecular formula is C24H24ClFN2O. The predicted octanol–water partition coefficient (Wildman–Crippen LogP) is 5.37. The average Bonchev–Trinajstić information content (AvgIpc) is 2.70. The second-order valence-corrected chi connectivity index (χ2v) is 7.61. The van der Waals surface area contributed by atoms with Crippen LogP contribution in [-0.2, 0) is 11.2 Å². The van der Waals surface area contributed by atoms with Crippen LogP contribution in [0.1, 0.15) is 28.3 Å². The maximum Gasteiger partial charge on any atom is 0.248 e. The van der Waals surface area contributed by atoms with Crippen molar-refractivity contribution in [2.24, 2.45) is 5.73 Å². The molecule has 0 spiro atoms. The van der Waals surface area contributed by atoms with E-state index in [0.29, 0.717) is 18.0 Å². The minimum absolute atomic E-state index is 0.207. The first-order valence-corrected chi connectivity index (χ1v) is 9.87. The van der Waals surface area contributed by atoms with Crippen molar-refractivity contribution in [3.8, 4) is 0 Å². The van der Waals surface area contributed by atoms with E-state index in [2.05, 4.69) is 0 Å². The second-order valence-electron chi connectivity index (χ2n) is 7.17. The fourth-order valence-corrected chi connectivity index (χ4v) is 3.47. The highest BCUT2D eigenvalue weighted by molar-refractivity contribution is 6.30. The summed E-state index contributed by atoms with van der Waals surface area (Å²) >= 11 is 5.97. The summed E-state index contributed by atoms with van der Waals surface area (Å²) in [5.74, 6) is -0.598. The van der Waals surface area contributed by atoms with Crippen molar-refractivity contribution in [3.05, 3.63) is 99.8 Å². The summed E-state index contributed by atoms with van der Waals surface area (Å²) in [6.07, 6.45) is 0.456. The lowest BCUT2D eigenvalue weighted by atomic mass is 10.0. The number of hydrogen-bond acceptors (Lipinski definition) is 2. The van der Waals surface area contributed by atoms with Gasteiger partial charge in [-0.15, -0.1) is 0 Å². The molecule has 0 fully saturated rings. The highest BCUT2D eigenvalue weighted by Gasteiger charge is 2.24. The molecule has 0 aliphatic rings. The number of rotatable bonds is 6. The zero-order valence-corrected chi connectivity index (χ0v) is 17.3. The summed E-state index contributed by atoms with van der Waals surface area (Å²) in [7, 11) is 0. The van der Waals surface area contributed by atoms with Crippen molar-refractivity contribution in [2.45, 2.75) is 26.3 Å². The summed E-state index contributed by atoms with van der Waals surface area (Å²) in [6.45, 7) is 4.39. The van der Waals surface area contributed by atoms with Gasteiger partial charge in [-0.1, -0.05) is 48.0 Å². The summed E-state index contributed by atoms with van der Waals surface area (Å²) in [5, 5.41) is 0.338. The first-order valence-electron chi connectivity index (χ1n) is 9.49. The first-order chi connectivity index (χ1) is 13.8. The van der Waals surface area contributed by atoms with Gasteiger partial charge in [0.1, 0.15) is 11.9 Å². The van der Waals surface area contributed by atoms with Gasteiger partial charge in [-0.3, -0.25) is 4.79 Å². The largest absolute Gasteiger partial charge is 0.316 e. The number of hydrogen-bond donors (Lipinski definition) is 1. The summed E-state index contributed by atoms with van der Waals surface area (Å²) < 4.78 is 13.7. The Morgan fingerprint density at radius 1 is 1.03 bits per heavy atom. The van der Waals surface area contributed by atoms with Crippen LogP contribution in [0.5, 0.6) is 0 Å². The van der Waals surface area contributed by atoms with E-state index in [9.17, 15) is 9.18 Å². The van der Waals surface area contributed by atoms with Gasteiger partial charge in [0.2, 0.25) is 5.91 Å². The first kappa shape index (κ1) is 21.0. The molecular weight excluding hydrogens is 387 g/mol. The average molecular weight is 411 g/mol. The van der Waals surface area contributed by atoms with Crippen LogP contribution >= 0.6 is 11.6 Å². The SMILES string of the molecule is Cc1ccc(N(CCc2cc(F)cc(Cl)c2)C(=O)C(N)c2ccccc2)cc1C.